The predicted molar refractivity (Wildman–Crippen MR) is 148 cm³/mol. The Morgan fingerprint density at radius 2 is 1.45 bits per heavy atom. The van der Waals surface area contributed by atoms with Gasteiger partial charge in [0.1, 0.15) is 18.5 Å². The van der Waals surface area contributed by atoms with E-state index >= 15 is 0 Å². The molecule has 2 aromatic rings. The Hall–Kier alpha value is -3.90. The summed E-state index contributed by atoms with van der Waals surface area (Å²) in [5.41, 5.74) is 1.50. The van der Waals surface area contributed by atoms with E-state index in [1.165, 1.54) is 13.8 Å². The number of hydrogen-bond acceptors (Lipinski definition) is 11. The van der Waals surface area contributed by atoms with Gasteiger partial charge in [0.05, 0.1) is 5.69 Å². The molecule has 12 nitrogen and oxygen atoms in total. The molecule has 0 aliphatic carbocycles. The molecule has 0 saturated carbocycles. The Kier molecular flexibility index (Phi) is 9.57. The summed E-state index contributed by atoms with van der Waals surface area (Å²) in [6.45, 7) is 6.07. The van der Waals surface area contributed by atoms with Crippen molar-refractivity contribution in [3.05, 3.63) is 35.9 Å². The topological polar surface area (TPSA) is 144 Å². The smallest absolute Gasteiger partial charge is 0.303 e. The van der Waals surface area contributed by atoms with Crippen molar-refractivity contribution in [2.24, 2.45) is 0 Å². The minimum atomic E-state index is -1.43. The first-order valence-electron chi connectivity index (χ1n) is 13.3. The van der Waals surface area contributed by atoms with E-state index in [9.17, 15) is 24.0 Å². The van der Waals surface area contributed by atoms with Gasteiger partial charge in [0.25, 0.3) is 0 Å². The lowest BCUT2D eigenvalue weighted by atomic mass is 9.95. The highest BCUT2D eigenvalue weighted by Gasteiger charge is 2.53. The molecule has 226 valence electrons. The number of hydrogen-bond donors (Lipinski definition) is 0. The number of alkyl halides is 1. The summed E-state index contributed by atoms with van der Waals surface area (Å²) in [5.74, 6) is -2.61. The summed E-state index contributed by atoms with van der Waals surface area (Å²) in [4.78, 5) is 62.2. The molecule has 1 saturated heterocycles. The second-order valence-electron chi connectivity index (χ2n) is 10.0. The second-order valence-corrected chi connectivity index (χ2v) is 10.3. The largest absolute Gasteiger partial charge is 0.463 e. The Balaban J connectivity index is 1.84. The van der Waals surface area contributed by atoms with Gasteiger partial charge in [-0.2, -0.15) is 0 Å². The number of ether oxygens (including phenoxy) is 6. The SMILES string of the molecule is CC(=O)OC[C@H]1O[C@@H](Oc2cc3c(c4ccccc24)[C@H](CCl)CN3C(C)=O)[C@H](OC(C)=O)[C@@H](OC(C)=O)[C@H]1OC(C)=O. The van der Waals surface area contributed by atoms with Gasteiger partial charge in [-0.3, -0.25) is 24.0 Å². The van der Waals surface area contributed by atoms with Crippen molar-refractivity contribution in [1.29, 1.82) is 0 Å². The number of esters is 4. The fraction of sp³-hybridized carbons (Fsp3) is 0.483. The number of carbonyl (C=O) groups excluding carboxylic acids is 5. The lowest BCUT2D eigenvalue weighted by molar-refractivity contribution is -0.288. The van der Waals surface area contributed by atoms with Gasteiger partial charge in [-0.25, -0.2) is 0 Å². The van der Waals surface area contributed by atoms with E-state index in [0.717, 1.165) is 31.7 Å². The van der Waals surface area contributed by atoms with Crippen LogP contribution in [0.15, 0.2) is 30.3 Å². The molecule has 0 aromatic heterocycles. The van der Waals surface area contributed by atoms with Gasteiger partial charge in [0, 0.05) is 64.4 Å². The zero-order valence-electron chi connectivity index (χ0n) is 23.8. The molecule has 2 aliphatic rings. The van der Waals surface area contributed by atoms with Gasteiger partial charge in [-0.1, -0.05) is 24.3 Å². The van der Waals surface area contributed by atoms with Crippen molar-refractivity contribution in [2.45, 2.75) is 71.2 Å². The molecule has 0 radical (unpaired) electrons. The summed E-state index contributed by atoms with van der Waals surface area (Å²) in [5, 5.41) is 1.45. The van der Waals surface area contributed by atoms with Gasteiger partial charge in [0.2, 0.25) is 18.3 Å². The molecule has 4 rings (SSSR count). The van der Waals surface area contributed by atoms with Crippen molar-refractivity contribution in [3.8, 4) is 5.75 Å². The van der Waals surface area contributed by atoms with Crippen LogP contribution in [-0.4, -0.2) is 79.5 Å². The molecule has 42 heavy (non-hydrogen) atoms. The van der Waals surface area contributed by atoms with E-state index in [-0.39, 0.29) is 17.6 Å². The third kappa shape index (κ3) is 6.60. The number of benzene rings is 2. The van der Waals surface area contributed by atoms with Gasteiger partial charge < -0.3 is 33.3 Å². The molecule has 2 aromatic carbocycles. The molecule has 1 amide bonds. The summed E-state index contributed by atoms with van der Waals surface area (Å²) in [6, 6.07) is 9.04. The zero-order chi connectivity index (χ0) is 30.7. The summed E-state index contributed by atoms with van der Waals surface area (Å²) < 4.78 is 34.1. The van der Waals surface area contributed by atoms with Crippen molar-refractivity contribution < 1.29 is 52.4 Å². The summed E-state index contributed by atoms with van der Waals surface area (Å²) in [7, 11) is 0. The van der Waals surface area contributed by atoms with Crippen molar-refractivity contribution >= 4 is 57.8 Å². The quantitative estimate of drug-likeness (QED) is 0.249. The number of rotatable bonds is 8. The van der Waals surface area contributed by atoms with Crippen LogP contribution in [0.1, 0.15) is 46.1 Å². The van der Waals surface area contributed by atoms with Crippen LogP contribution in [0, 0.1) is 0 Å². The minimum absolute atomic E-state index is 0.116. The Labute approximate surface area is 247 Å². The number of amides is 1. The molecule has 2 heterocycles. The molecule has 0 spiro atoms. The molecule has 0 unspecified atom stereocenters. The molecule has 6 atom stereocenters. The standard InChI is InChI=1S/C29H32ClNO11/c1-14(32)31-12-19(11-30)25-21-9-7-6-8-20(21)23(10-22(25)31)41-29-28(40-18(5)36)27(39-17(4)35)26(38-16(3)34)24(42-29)13-37-15(2)33/h6-10,19,24,26-29H,11-13H2,1-5H3/t19-,24-,26+,27+,28-,29-/m1/s1. The van der Waals surface area contributed by atoms with Crippen LogP contribution in [0.25, 0.3) is 10.8 Å². The summed E-state index contributed by atoms with van der Waals surface area (Å²) >= 11 is 6.29. The van der Waals surface area contributed by atoms with Crippen molar-refractivity contribution in [2.75, 3.05) is 23.9 Å². The third-order valence-corrected chi connectivity index (χ3v) is 7.26. The predicted octanol–water partition coefficient (Wildman–Crippen LogP) is 2.99. The first kappa shape index (κ1) is 31.0. The Morgan fingerprint density at radius 3 is 2.02 bits per heavy atom. The monoisotopic (exact) mass is 605 g/mol. The maximum atomic E-state index is 12.5. The number of halogens is 1. The van der Waals surface area contributed by atoms with Crippen LogP contribution in [-0.2, 0) is 47.7 Å². The van der Waals surface area contributed by atoms with Gasteiger partial charge >= 0.3 is 23.9 Å². The fourth-order valence-corrected chi connectivity index (χ4v) is 5.60. The fourth-order valence-electron chi connectivity index (χ4n) is 5.34. The highest BCUT2D eigenvalue weighted by Crippen LogP contribution is 2.46. The van der Waals surface area contributed by atoms with Crippen LogP contribution >= 0.6 is 11.6 Å². The lowest BCUT2D eigenvalue weighted by Crippen LogP contribution is -2.63. The van der Waals surface area contributed by atoms with Crippen LogP contribution < -0.4 is 9.64 Å². The number of anilines is 1. The van der Waals surface area contributed by atoms with Crippen molar-refractivity contribution in [3.63, 3.8) is 0 Å². The molecule has 0 N–H and O–H groups in total. The number of fused-ring (bicyclic) bond motifs is 3. The number of carbonyl (C=O) groups is 5. The Morgan fingerprint density at radius 1 is 0.857 bits per heavy atom. The van der Waals surface area contributed by atoms with Gasteiger partial charge in [-0.05, 0) is 10.9 Å². The molecule has 2 aliphatic heterocycles. The van der Waals surface area contributed by atoms with E-state index < -0.39 is 61.2 Å². The number of nitrogens with zero attached hydrogens (tertiary/aromatic N) is 1. The zero-order valence-corrected chi connectivity index (χ0v) is 24.5. The molecular weight excluding hydrogens is 574 g/mol. The second kappa shape index (κ2) is 13.0. The summed E-state index contributed by atoms with van der Waals surface area (Å²) in [6.07, 6.45) is -6.71. The highest BCUT2D eigenvalue weighted by molar-refractivity contribution is 6.19. The average molecular weight is 606 g/mol. The molecule has 1 fully saturated rings. The van der Waals surface area contributed by atoms with E-state index in [0.29, 0.717) is 23.5 Å². The van der Waals surface area contributed by atoms with Crippen LogP contribution in [0.4, 0.5) is 5.69 Å². The highest BCUT2D eigenvalue weighted by atomic mass is 35.5. The maximum Gasteiger partial charge on any atom is 0.303 e. The van der Waals surface area contributed by atoms with Gasteiger partial charge in [0.15, 0.2) is 12.2 Å². The third-order valence-electron chi connectivity index (χ3n) is 6.89. The van der Waals surface area contributed by atoms with E-state index in [2.05, 4.69) is 0 Å². The normalized spacial score (nSPS) is 24.9. The van der Waals surface area contributed by atoms with E-state index in [1.54, 1.807) is 11.0 Å². The first-order chi connectivity index (χ1) is 19.9. The molecule has 13 heteroatoms. The lowest BCUT2D eigenvalue weighted by Gasteiger charge is -2.44. The Bertz CT molecular complexity index is 1400. The molecular formula is C29H32ClNO11. The van der Waals surface area contributed by atoms with Crippen LogP contribution in [0.5, 0.6) is 5.75 Å². The van der Waals surface area contributed by atoms with E-state index in [1.807, 2.05) is 24.3 Å². The maximum absolute atomic E-state index is 12.5. The van der Waals surface area contributed by atoms with Crippen molar-refractivity contribution in [1.82, 2.24) is 0 Å². The first-order valence-corrected chi connectivity index (χ1v) is 13.8. The average Bonchev–Trinajstić information content (AvgIpc) is 3.29. The molecule has 0 bridgehead atoms. The minimum Gasteiger partial charge on any atom is -0.463 e. The van der Waals surface area contributed by atoms with Crippen LogP contribution in [0.2, 0.25) is 0 Å². The van der Waals surface area contributed by atoms with Crippen LogP contribution in [0.3, 0.4) is 0 Å². The van der Waals surface area contributed by atoms with Gasteiger partial charge in [-0.15, -0.1) is 11.6 Å². The van der Waals surface area contributed by atoms with E-state index in [4.69, 9.17) is 40.0 Å².